The van der Waals surface area contributed by atoms with Gasteiger partial charge in [0, 0.05) is 19.5 Å². The van der Waals surface area contributed by atoms with Gasteiger partial charge in [-0.2, -0.15) is 0 Å². The quantitative estimate of drug-likeness (QED) is 0.856. The van der Waals surface area contributed by atoms with Gasteiger partial charge in [0.1, 0.15) is 5.82 Å². The molecule has 2 fully saturated rings. The van der Waals surface area contributed by atoms with Crippen molar-refractivity contribution in [1.82, 2.24) is 20.1 Å². The SMILES string of the molecule is CC1CC1CN(C)C(=O)c1n[nH]c(C2CC2)n1. The number of H-pyrrole nitrogens is 1. The Labute approximate surface area is 101 Å². The van der Waals surface area contributed by atoms with Crippen LogP contribution in [-0.2, 0) is 0 Å². The Kier molecular flexibility index (Phi) is 2.42. The molecule has 2 saturated carbocycles. The highest BCUT2D eigenvalue weighted by Gasteiger charge is 2.35. The van der Waals surface area contributed by atoms with Crippen molar-refractivity contribution in [2.24, 2.45) is 11.8 Å². The number of amides is 1. The van der Waals surface area contributed by atoms with E-state index in [0.29, 0.717) is 17.7 Å². The maximum absolute atomic E-state index is 12.1. The van der Waals surface area contributed by atoms with Gasteiger partial charge in [0.2, 0.25) is 5.82 Å². The summed E-state index contributed by atoms with van der Waals surface area (Å²) >= 11 is 0. The predicted octanol–water partition coefficient (Wildman–Crippen LogP) is 1.41. The lowest BCUT2D eigenvalue weighted by Crippen LogP contribution is -2.30. The van der Waals surface area contributed by atoms with Gasteiger partial charge in [-0.1, -0.05) is 6.92 Å². The minimum absolute atomic E-state index is 0.0627. The Balaban J connectivity index is 1.63. The third-order valence-electron chi connectivity index (χ3n) is 3.79. The number of aromatic amines is 1. The highest BCUT2D eigenvalue weighted by atomic mass is 16.2. The highest BCUT2D eigenvalue weighted by Crippen LogP contribution is 2.39. The summed E-state index contributed by atoms with van der Waals surface area (Å²) in [6, 6.07) is 0. The van der Waals surface area contributed by atoms with E-state index in [-0.39, 0.29) is 5.91 Å². The molecule has 1 heterocycles. The van der Waals surface area contributed by atoms with Crippen molar-refractivity contribution in [3.8, 4) is 0 Å². The number of carbonyl (C=O) groups excluding carboxylic acids is 1. The molecule has 1 aromatic rings. The Bertz CT molecular complexity index is 437. The number of nitrogens with one attached hydrogen (secondary N) is 1. The zero-order chi connectivity index (χ0) is 12.0. The van der Waals surface area contributed by atoms with Gasteiger partial charge in [0.05, 0.1) is 0 Å². The van der Waals surface area contributed by atoms with Crippen LogP contribution in [-0.4, -0.2) is 39.6 Å². The molecular formula is C12H18N4O. The molecule has 5 heteroatoms. The molecule has 2 aliphatic carbocycles. The zero-order valence-electron chi connectivity index (χ0n) is 10.3. The normalized spacial score (nSPS) is 26.9. The lowest BCUT2D eigenvalue weighted by molar-refractivity contribution is 0.0775. The van der Waals surface area contributed by atoms with Crippen LogP contribution < -0.4 is 0 Å². The summed E-state index contributed by atoms with van der Waals surface area (Å²) in [6.45, 7) is 3.05. The Morgan fingerprint density at radius 1 is 1.53 bits per heavy atom. The van der Waals surface area contributed by atoms with Gasteiger partial charge in [-0.3, -0.25) is 9.89 Å². The van der Waals surface area contributed by atoms with Crippen LogP contribution in [0, 0.1) is 11.8 Å². The van der Waals surface area contributed by atoms with Gasteiger partial charge in [-0.15, -0.1) is 5.10 Å². The topological polar surface area (TPSA) is 61.9 Å². The fourth-order valence-corrected chi connectivity index (χ4v) is 2.17. The molecular weight excluding hydrogens is 216 g/mol. The standard InChI is InChI=1S/C12H18N4O/c1-7-5-9(7)6-16(2)12(17)11-13-10(14-15-11)8-3-4-8/h7-9H,3-6H2,1-2H3,(H,13,14,15). The second-order valence-electron chi connectivity index (χ2n) is 5.48. The molecule has 0 spiro atoms. The second-order valence-corrected chi connectivity index (χ2v) is 5.48. The average Bonchev–Trinajstić information content (AvgIpc) is 3.21. The summed E-state index contributed by atoms with van der Waals surface area (Å²) in [4.78, 5) is 18.1. The van der Waals surface area contributed by atoms with E-state index in [9.17, 15) is 4.79 Å². The van der Waals surface area contributed by atoms with Crippen LogP contribution in [0.25, 0.3) is 0 Å². The molecule has 92 valence electrons. The van der Waals surface area contributed by atoms with Crippen LogP contribution >= 0.6 is 0 Å². The first-order valence-electron chi connectivity index (χ1n) is 6.33. The lowest BCUT2D eigenvalue weighted by Gasteiger charge is -2.14. The van der Waals surface area contributed by atoms with Crippen LogP contribution in [0.2, 0.25) is 0 Å². The third kappa shape index (κ3) is 2.18. The van der Waals surface area contributed by atoms with Gasteiger partial charge in [0.25, 0.3) is 5.91 Å². The van der Waals surface area contributed by atoms with E-state index < -0.39 is 0 Å². The van der Waals surface area contributed by atoms with Crippen LogP contribution in [0.4, 0.5) is 0 Å². The van der Waals surface area contributed by atoms with Gasteiger partial charge < -0.3 is 4.90 Å². The smallest absolute Gasteiger partial charge is 0.293 e. The Morgan fingerprint density at radius 3 is 2.82 bits per heavy atom. The van der Waals surface area contributed by atoms with Crippen LogP contribution in [0.5, 0.6) is 0 Å². The van der Waals surface area contributed by atoms with Gasteiger partial charge in [0.15, 0.2) is 0 Å². The summed E-state index contributed by atoms with van der Waals surface area (Å²) in [5, 5.41) is 6.89. The van der Waals surface area contributed by atoms with Crippen molar-refractivity contribution in [2.45, 2.75) is 32.1 Å². The largest absolute Gasteiger partial charge is 0.339 e. The fraction of sp³-hybridized carbons (Fsp3) is 0.750. The number of rotatable bonds is 4. The molecule has 17 heavy (non-hydrogen) atoms. The van der Waals surface area contributed by atoms with E-state index in [1.807, 2.05) is 7.05 Å². The van der Waals surface area contributed by atoms with Crippen molar-refractivity contribution in [3.63, 3.8) is 0 Å². The molecule has 3 rings (SSSR count). The summed E-state index contributed by atoms with van der Waals surface area (Å²) in [5.74, 6) is 3.08. The van der Waals surface area contributed by atoms with E-state index in [1.54, 1.807) is 4.90 Å². The summed E-state index contributed by atoms with van der Waals surface area (Å²) in [7, 11) is 1.83. The van der Waals surface area contributed by atoms with Gasteiger partial charge in [-0.25, -0.2) is 4.98 Å². The maximum atomic E-state index is 12.1. The second kappa shape index (κ2) is 3.82. The maximum Gasteiger partial charge on any atom is 0.293 e. The summed E-state index contributed by atoms with van der Waals surface area (Å²) < 4.78 is 0. The first-order chi connectivity index (χ1) is 8.15. The van der Waals surface area contributed by atoms with Crippen molar-refractivity contribution in [1.29, 1.82) is 0 Å². The molecule has 0 bridgehead atoms. The zero-order valence-corrected chi connectivity index (χ0v) is 10.3. The Morgan fingerprint density at radius 2 is 2.24 bits per heavy atom. The first-order valence-corrected chi connectivity index (χ1v) is 6.33. The summed E-state index contributed by atoms with van der Waals surface area (Å²) in [5.41, 5.74) is 0. The molecule has 1 N–H and O–H groups in total. The monoisotopic (exact) mass is 234 g/mol. The molecule has 0 saturated heterocycles. The minimum Gasteiger partial charge on any atom is -0.339 e. The number of nitrogens with zero attached hydrogens (tertiary/aromatic N) is 3. The fourth-order valence-electron chi connectivity index (χ4n) is 2.17. The summed E-state index contributed by atoms with van der Waals surface area (Å²) in [6.07, 6.45) is 3.56. The van der Waals surface area contributed by atoms with Crippen LogP contribution in [0.1, 0.15) is 48.5 Å². The van der Waals surface area contributed by atoms with Gasteiger partial charge >= 0.3 is 0 Å². The molecule has 1 amide bonds. The molecule has 2 atom stereocenters. The van der Waals surface area contributed by atoms with E-state index in [0.717, 1.165) is 31.1 Å². The number of hydrogen-bond acceptors (Lipinski definition) is 3. The molecule has 1 aromatic heterocycles. The minimum atomic E-state index is -0.0627. The van der Waals surface area contributed by atoms with Gasteiger partial charge in [-0.05, 0) is 31.1 Å². The molecule has 2 unspecified atom stereocenters. The van der Waals surface area contributed by atoms with Crippen molar-refractivity contribution >= 4 is 5.91 Å². The molecule has 0 aromatic carbocycles. The van der Waals surface area contributed by atoms with Crippen molar-refractivity contribution in [2.75, 3.05) is 13.6 Å². The number of carbonyl (C=O) groups is 1. The Hall–Kier alpha value is -1.39. The number of hydrogen-bond donors (Lipinski definition) is 1. The van der Waals surface area contributed by atoms with E-state index in [2.05, 4.69) is 22.1 Å². The van der Waals surface area contributed by atoms with E-state index >= 15 is 0 Å². The lowest BCUT2D eigenvalue weighted by atomic mass is 10.3. The molecule has 2 aliphatic rings. The highest BCUT2D eigenvalue weighted by molar-refractivity contribution is 5.90. The van der Waals surface area contributed by atoms with E-state index in [4.69, 9.17) is 0 Å². The first kappa shape index (κ1) is 10.7. The average molecular weight is 234 g/mol. The predicted molar refractivity (Wildman–Crippen MR) is 62.6 cm³/mol. The van der Waals surface area contributed by atoms with Crippen LogP contribution in [0.15, 0.2) is 0 Å². The molecule has 0 aliphatic heterocycles. The number of aromatic nitrogens is 3. The molecule has 5 nitrogen and oxygen atoms in total. The third-order valence-corrected chi connectivity index (χ3v) is 3.79. The van der Waals surface area contributed by atoms with Crippen molar-refractivity contribution < 1.29 is 4.79 Å². The van der Waals surface area contributed by atoms with E-state index in [1.165, 1.54) is 6.42 Å². The van der Waals surface area contributed by atoms with Crippen molar-refractivity contribution in [3.05, 3.63) is 11.6 Å². The molecule has 0 radical (unpaired) electrons. The van der Waals surface area contributed by atoms with Crippen LogP contribution in [0.3, 0.4) is 0 Å².